The zero-order valence-corrected chi connectivity index (χ0v) is 10.3. The van der Waals surface area contributed by atoms with E-state index in [1.165, 1.54) is 12.3 Å². The molecule has 0 aromatic carbocycles. The third kappa shape index (κ3) is 2.55. The summed E-state index contributed by atoms with van der Waals surface area (Å²) in [7, 11) is 0. The fourth-order valence-electron chi connectivity index (χ4n) is 1.84. The predicted molar refractivity (Wildman–Crippen MR) is 65.2 cm³/mol. The van der Waals surface area contributed by atoms with E-state index in [-0.39, 0.29) is 23.2 Å². The molecule has 1 aliphatic rings. The van der Waals surface area contributed by atoms with Gasteiger partial charge in [0.1, 0.15) is 5.82 Å². The molecule has 1 unspecified atom stereocenters. The van der Waals surface area contributed by atoms with Crippen LogP contribution in [0.3, 0.4) is 0 Å². The van der Waals surface area contributed by atoms with Gasteiger partial charge in [0.15, 0.2) is 0 Å². The van der Waals surface area contributed by atoms with Gasteiger partial charge in [-0.3, -0.25) is 0 Å². The maximum Gasteiger partial charge on any atom is 0.337 e. The number of aliphatic hydroxyl groups is 1. The van der Waals surface area contributed by atoms with E-state index in [9.17, 15) is 9.90 Å². The second kappa shape index (κ2) is 5.51. The molecule has 1 fully saturated rings. The van der Waals surface area contributed by atoms with Gasteiger partial charge in [0.05, 0.1) is 36.4 Å². The Labute approximate surface area is 109 Å². The first-order valence-corrected chi connectivity index (χ1v) is 5.85. The molecule has 0 bridgehead atoms. The Morgan fingerprint density at radius 1 is 1.67 bits per heavy atom. The second-order valence-corrected chi connectivity index (χ2v) is 4.35. The average Bonchev–Trinajstić information content (AvgIpc) is 2.38. The Hall–Kier alpha value is -1.37. The first-order chi connectivity index (χ1) is 8.63. The Balaban J connectivity index is 2.29. The minimum absolute atomic E-state index is 0.0394. The summed E-state index contributed by atoms with van der Waals surface area (Å²) in [5.74, 6) is -0.597. The van der Waals surface area contributed by atoms with Crippen molar-refractivity contribution in [3.05, 3.63) is 22.8 Å². The van der Waals surface area contributed by atoms with Crippen molar-refractivity contribution in [3.8, 4) is 0 Å². The van der Waals surface area contributed by atoms with Gasteiger partial charge < -0.3 is 19.8 Å². The lowest BCUT2D eigenvalue weighted by Crippen LogP contribution is -2.48. The van der Waals surface area contributed by atoms with Crippen molar-refractivity contribution >= 4 is 23.4 Å². The number of anilines is 1. The topological polar surface area (TPSA) is 82.9 Å². The van der Waals surface area contributed by atoms with Gasteiger partial charge >= 0.3 is 5.97 Å². The number of pyridine rings is 1. The number of hydrogen-bond acceptors (Lipinski definition) is 5. The van der Waals surface area contributed by atoms with Gasteiger partial charge in [-0.2, -0.15) is 0 Å². The quantitative estimate of drug-likeness (QED) is 0.840. The Morgan fingerprint density at radius 2 is 2.44 bits per heavy atom. The van der Waals surface area contributed by atoms with Crippen LogP contribution < -0.4 is 4.90 Å². The molecule has 1 aromatic heterocycles. The third-order valence-electron chi connectivity index (χ3n) is 2.78. The monoisotopic (exact) mass is 272 g/mol. The molecular weight excluding hydrogens is 260 g/mol. The number of halogens is 1. The summed E-state index contributed by atoms with van der Waals surface area (Å²) >= 11 is 6.04. The van der Waals surface area contributed by atoms with E-state index in [0.717, 1.165) is 0 Å². The SMILES string of the molecule is O=C(O)c1cnc(N2CCOCC2CO)c(Cl)c1. The lowest BCUT2D eigenvalue weighted by molar-refractivity contribution is 0.0693. The molecule has 2 rings (SSSR count). The normalized spacial score (nSPS) is 19.9. The van der Waals surface area contributed by atoms with E-state index < -0.39 is 5.97 Å². The van der Waals surface area contributed by atoms with Crippen LogP contribution in [0.1, 0.15) is 10.4 Å². The summed E-state index contributed by atoms with van der Waals surface area (Å²) in [6.07, 6.45) is 1.26. The molecule has 0 aliphatic carbocycles. The molecule has 6 nitrogen and oxygen atoms in total. The smallest absolute Gasteiger partial charge is 0.337 e. The largest absolute Gasteiger partial charge is 0.478 e. The van der Waals surface area contributed by atoms with Gasteiger partial charge in [-0.05, 0) is 6.07 Å². The van der Waals surface area contributed by atoms with Crippen LogP contribution in [-0.4, -0.2) is 53.6 Å². The molecule has 0 spiro atoms. The van der Waals surface area contributed by atoms with Crippen molar-refractivity contribution < 1.29 is 19.7 Å². The molecule has 0 amide bonds. The zero-order valence-electron chi connectivity index (χ0n) is 9.54. The molecule has 98 valence electrons. The van der Waals surface area contributed by atoms with Crippen LogP contribution in [0.25, 0.3) is 0 Å². The van der Waals surface area contributed by atoms with Crippen LogP contribution in [0.5, 0.6) is 0 Å². The minimum atomic E-state index is -1.07. The molecule has 1 atom stereocenters. The molecule has 1 aliphatic heterocycles. The first-order valence-electron chi connectivity index (χ1n) is 5.47. The van der Waals surface area contributed by atoms with Crippen molar-refractivity contribution in [1.29, 1.82) is 0 Å². The number of carboxylic acid groups (broad SMARTS) is 1. The van der Waals surface area contributed by atoms with Gasteiger partial charge in [0, 0.05) is 12.7 Å². The van der Waals surface area contributed by atoms with Crippen LogP contribution in [0.2, 0.25) is 5.02 Å². The number of aromatic carboxylic acids is 1. The van der Waals surface area contributed by atoms with Crippen LogP contribution in [-0.2, 0) is 4.74 Å². The number of aliphatic hydroxyl groups excluding tert-OH is 1. The van der Waals surface area contributed by atoms with Crippen molar-refractivity contribution in [2.45, 2.75) is 6.04 Å². The Kier molecular flexibility index (Phi) is 4.00. The van der Waals surface area contributed by atoms with Crippen molar-refractivity contribution in [2.75, 3.05) is 31.3 Å². The van der Waals surface area contributed by atoms with E-state index in [0.29, 0.717) is 25.6 Å². The zero-order chi connectivity index (χ0) is 13.1. The number of morpholine rings is 1. The molecule has 0 saturated carbocycles. The lowest BCUT2D eigenvalue weighted by Gasteiger charge is -2.35. The van der Waals surface area contributed by atoms with Crippen LogP contribution in [0, 0.1) is 0 Å². The highest BCUT2D eigenvalue weighted by Crippen LogP contribution is 2.26. The molecule has 0 radical (unpaired) electrons. The predicted octanol–water partition coefficient (Wildman–Crippen LogP) is 0.631. The number of aromatic nitrogens is 1. The molecule has 1 saturated heterocycles. The number of ether oxygens (including phenoxy) is 1. The Morgan fingerprint density at radius 3 is 3.06 bits per heavy atom. The number of nitrogens with zero attached hydrogens (tertiary/aromatic N) is 2. The number of rotatable bonds is 3. The summed E-state index contributed by atoms with van der Waals surface area (Å²) in [6.45, 7) is 1.41. The molecule has 7 heteroatoms. The van der Waals surface area contributed by atoms with Crippen molar-refractivity contribution in [2.24, 2.45) is 0 Å². The van der Waals surface area contributed by atoms with Crippen LogP contribution in [0.4, 0.5) is 5.82 Å². The highest BCUT2D eigenvalue weighted by molar-refractivity contribution is 6.33. The highest BCUT2D eigenvalue weighted by atomic mass is 35.5. The van der Waals surface area contributed by atoms with E-state index >= 15 is 0 Å². The van der Waals surface area contributed by atoms with E-state index in [4.69, 9.17) is 21.4 Å². The van der Waals surface area contributed by atoms with Crippen molar-refractivity contribution in [3.63, 3.8) is 0 Å². The summed E-state index contributed by atoms with van der Waals surface area (Å²) in [4.78, 5) is 16.7. The maximum absolute atomic E-state index is 10.8. The lowest BCUT2D eigenvalue weighted by atomic mass is 10.2. The van der Waals surface area contributed by atoms with Gasteiger partial charge in [0.2, 0.25) is 0 Å². The average molecular weight is 273 g/mol. The van der Waals surface area contributed by atoms with Gasteiger partial charge in [0.25, 0.3) is 0 Å². The minimum Gasteiger partial charge on any atom is -0.478 e. The second-order valence-electron chi connectivity index (χ2n) is 3.94. The fourth-order valence-corrected chi connectivity index (χ4v) is 2.12. The fraction of sp³-hybridized carbons (Fsp3) is 0.455. The van der Waals surface area contributed by atoms with E-state index in [2.05, 4.69) is 4.98 Å². The molecular formula is C11H13ClN2O4. The van der Waals surface area contributed by atoms with E-state index in [1.54, 1.807) is 0 Å². The number of carbonyl (C=O) groups is 1. The summed E-state index contributed by atoms with van der Waals surface area (Å²) < 4.78 is 5.26. The van der Waals surface area contributed by atoms with Gasteiger partial charge in [-0.1, -0.05) is 11.6 Å². The van der Waals surface area contributed by atoms with Crippen molar-refractivity contribution in [1.82, 2.24) is 4.98 Å². The summed E-state index contributed by atoms with van der Waals surface area (Å²) in [5.41, 5.74) is 0.0394. The standard InChI is InChI=1S/C11H13ClN2O4/c12-9-3-7(11(16)17)4-13-10(9)14-1-2-18-6-8(14)5-15/h3-4,8,15H,1-2,5-6H2,(H,16,17). The molecule has 2 heterocycles. The Bertz CT molecular complexity index is 455. The molecule has 1 aromatic rings. The summed E-state index contributed by atoms with van der Waals surface area (Å²) in [6, 6.07) is 1.15. The first kappa shape index (κ1) is 13.1. The number of carboxylic acids is 1. The van der Waals surface area contributed by atoms with Crippen LogP contribution >= 0.6 is 11.6 Å². The molecule has 18 heavy (non-hydrogen) atoms. The highest BCUT2D eigenvalue weighted by Gasteiger charge is 2.25. The van der Waals surface area contributed by atoms with Crippen LogP contribution in [0.15, 0.2) is 12.3 Å². The summed E-state index contributed by atoms with van der Waals surface area (Å²) in [5, 5.41) is 18.4. The van der Waals surface area contributed by atoms with E-state index in [1.807, 2.05) is 4.90 Å². The third-order valence-corrected chi connectivity index (χ3v) is 3.06. The maximum atomic E-state index is 10.8. The van der Waals surface area contributed by atoms with Gasteiger partial charge in [-0.15, -0.1) is 0 Å². The van der Waals surface area contributed by atoms with Gasteiger partial charge in [-0.25, -0.2) is 9.78 Å². The molecule has 2 N–H and O–H groups in total. The number of hydrogen-bond donors (Lipinski definition) is 2.